The molecule has 2 amide bonds. The summed E-state index contributed by atoms with van der Waals surface area (Å²) in [5.41, 5.74) is 4.22. The van der Waals surface area contributed by atoms with E-state index >= 15 is 0 Å². The van der Waals surface area contributed by atoms with Crippen LogP contribution in [0.15, 0.2) is 48.7 Å². The summed E-state index contributed by atoms with van der Waals surface area (Å²) in [6.45, 7) is 3.72. The van der Waals surface area contributed by atoms with E-state index in [0.29, 0.717) is 39.5 Å². The van der Waals surface area contributed by atoms with E-state index in [1.165, 1.54) is 22.4 Å². The SMILES string of the molecule is Cc1cccc(C(CO)NC(=O)CN2Cc3ccc(-c4nc(Nc5nnc(C)s5)ncc4Cl)cc3C2=O)c1. The van der Waals surface area contributed by atoms with Crippen molar-refractivity contribution < 1.29 is 14.7 Å². The summed E-state index contributed by atoms with van der Waals surface area (Å²) in [4.78, 5) is 36.2. The molecule has 10 nitrogen and oxygen atoms in total. The van der Waals surface area contributed by atoms with Gasteiger partial charge in [-0.3, -0.25) is 14.9 Å². The predicted molar refractivity (Wildman–Crippen MR) is 144 cm³/mol. The standard InChI is InChI=1S/C26H24ClN7O3S/c1-14-4-3-5-16(8-14)21(13-35)29-22(36)12-34-11-18-7-6-17(9-19(18)24(34)37)23-20(27)10-28-25(30-23)31-26-33-32-15(2)38-26/h3-10,21,35H,11-13H2,1-2H3,(H,29,36)(H,28,30,31,33). The molecule has 0 aliphatic carbocycles. The fourth-order valence-corrected chi connectivity index (χ4v) is 5.03. The van der Waals surface area contributed by atoms with Gasteiger partial charge in [-0.05, 0) is 31.0 Å². The minimum absolute atomic E-state index is 0.130. The first kappa shape index (κ1) is 25.7. The second-order valence-corrected chi connectivity index (χ2v) is 10.5. The van der Waals surface area contributed by atoms with Crippen LogP contribution in [0.1, 0.15) is 38.1 Å². The number of aromatic nitrogens is 4. The number of carbonyl (C=O) groups excluding carboxylic acids is 2. The van der Waals surface area contributed by atoms with Crippen molar-refractivity contribution >= 4 is 45.8 Å². The van der Waals surface area contributed by atoms with Crippen molar-refractivity contribution in [2.75, 3.05) is 18.5 Å². The number of aliphatic hydroxyl groups excluding tert-OH is 1. The van der Waals surface area contributed by atoms with Crippen LogP contribution in [-0.2, 0) is 11.3 Å². The van der Waals surface area contributed by atoms with Gasteiger partial charge in [0.05, 0.1) is 29.6 Å². The smallest absolute Gasteiger partial charge is 0.254 e. The van der Waals surface area contributed by atoms with E-state index in [-0.39, 0.29) is 25.0 Å². The van der Waals surface area contributed by atoms with Crippen LogP contribution >= 0.6 is 22.9 Å². The highest BCUT2D eigenvalue weighted by Gasteiger charge is 2.30. The number of hydrogen-bond acceptors (Lipinski definition) is 9. The molecule has 2 aromatic carbocycles. The molecule has 4 aromatic rings. The van der Waals surface area contributed by atoms with Crippen LogP contribution in [0.4, 0.5) is 11.1 Å². The summed E-state index contributed by atoms with van der Waals surface area (Å²) in [7, 11) is 0. The van der Waals surface area contributed by atoms with Gasteiger partial charge in [-0.1, -0.05) is 64.9 Å². The number of anilines is 2. The number of nitrogens with zero attached hydrogens (tertiary/aromatic N) is 5. The maximum Gasteiger partial charge on any atom is 0.254 e. The minimum atomic E-state index is -0.555. The van der Waals surface area contributed by atoms with Crippen molar-refractivity contribution in [3.8, 4) is 11.3 Å². The number of carbonyl (C=O) groups is 2. The number of nitrogens with one attached hydrogen (secondary N) is 2. The van der Waals surface area contributed by atoms with E-state index in [1.54, 1.807) is 6.07 Å². The van der Waals surface area contributed by atoms with Crippen LogP contribution in [-0.4, -0.2) is 55.1 Å². The molecule has 5 rings (SSSR count). The normalized spacial score (nSPS) is 13.4. The number of rotatable bonds is 8. The Bertz CT molecular complexity index is 1530. The van der Waals surface area contributed by atoms with Crippen molar-refractivity contribution in [2.45, 2.75) is 26.4 Å². The first-order valence-corrected chi connectivity index (χ1v) is 13.0. The van der Waals surface area contributed by atoms with Gasteiger partial charge in [-0.2, -0.15) is 0 Å². The van der Waals surface area contributed by atoms with Crippen molar-refractivity contribution in [1.82, 2.24) is 30.4 Å². The van der Waals surface area contributed by atoms with Crippen LogP contribution in [0.2, 0.25) is 5.02 Å². The van der Waals surface area contributed by atoms with Crippen LogP contribution in [0, 0.1) is 13.8 Å². The quantitative estimate of drug-likeness (QED) is 0.302. The van der Waals surface area contributed by atoms with E-state index < -0.39 is 6.04 Å². The number of aliphatic hydroxyl groups is 1. The Hall–Kier alpha value is -3.93. The monoisotopic (exact) mass is 549 g/mol. The minimum Gasteiger partial charge on any atom is -0.394 e. The molecule has 0 saturated heterocycles. The van der Waals surface area contributed by atoms with Gasteiger partial charge in [0.25, 0.3) is 5.91 Å². The first-order valence-electron chi connectivity index (χ1n) is 11.8. The van der Waals surface area contributed by atoms with Crippen molar-refractivity contribution in [3.63, 3.8) is 0 Å². The van der Waals surface area contributed by atoms with Crippen molar-refractivity contribution in [3.05, 3.63) is 80.9 Å². The highest BCUT2D eigenvalue weighted by atomic mass is 35.5. The average molecular weight is 550 g/mol. The van der Waals surface area contributed by atoms with E-state index in [0.717, 1.165) is 21.7 Å². The lowest BCUT2D eigenvalue weighted by molar-refractivity contribution is -0.122. The van der Waals surface area contributed by atoms with Gasteiger partial charge in [0.15, 0.2) is 0 Å². The Morgan fingerprint density at radius 2 is 2.05 bits per heavy atom. The summed E-state index contributed by atoms with van der Waals surface area (Å²) >= 11 is 7.77. The molecule has 0 spiro atoms. The molecule has 0 radical (unpaired) electrons. The third-order valence-electron chi connectivity index (χ3n) is 6.05. The Morgan fingerprint density at radius 3 is 2.79 bits per heavy atom. The largest absolute Gasteiger partial charge is 0.394 e. The van der Waals surface area contributed by atoms with Crippen LogP contribution in [0.5, 0.6) is 0 Å². The van der Waals surface area contributed by atoms with Crippen LogP contribution < -0.4 is 10.6 Å². The van der Waals surface area contributed by atoms with E-state index in [4.69, 9.17) is 11.6 Å². The molecule has 0 fully saturated rings. The second kappa shape index (κ2) is 10.8. The number of benzene rings is 2. The van der Waals surface area contributed by atoms with E-state index in [2.05, 4.69) is 30.8 Å². The third-order valence-corrected chi connectivity index (χ3v) is 7.08. The van der Waals surface area contributed by atoms with Gasteiger partial charge in [0.1, 0.15) is 11.6 Å². The summed E-state index contributed by atoms with van der Waals surface area (Å²) < 4.78 is 0. The topological polar surface area (TPSA) is 133 Å². The lowest BCUT2D eigenvalue weighted by Crippen LogP contribution is -2.40. The molecule has 1 unspecified atom stereocenters. The zero-order valence-corrected chi connectivity index (χ0v) is 22.2. The highest BCUT2D eigenvalue weighted by Crippen LogP contribution is 2.32. The molecule has 12 heteroatoms. The average Bonchev–Trinajstić information content (AvgIpc) is 3.45. The summed E-state index contributed by atoms with van der Waals surface area (Å²) in [6.07, 6.45) is 1.48. The summed E-state index contributed by atoms with van der Waals surface area (Å²) in [5, 5.41) is 25.3. The van der Waals surface area contributed by atoms with Crippen molar-refractivity contribution in [2.24, 2.45) is 0 Å². The molecule has 0 saturated carbocycles. The Balaban J connectivity index is 1.30. The van der Waals surface area contributed by atoms with Gasteiger partial charge in [0.2, 0.25) is 17.0 Å². The van der Waals surface area contributed by atoms with Gasteiger partial charge in [-0.25, -0.2) is 9.97 Å². The Labute approximate surface area is 227 Å². The number of fused-ring (bicyclic) bond motifs is 1. The maximum absolute atomic E-state index is 13.2. The number of hydrogen-bond donors (Lipinski definition) is 3. The van der Waals surface area contributed by atoms with E-state index in [9.17, 15) is 14.7 Å². The van der Waals surface area contributed by atoms with Gasteiger partial charge in [0, 0.05) is 17.7 Å². The lowest BCUT2D eigenvalue weighted by Gasteiger charge is -2.20. The molecule has 194 valence electrons. The van der Waals surface area contributed by atoms with Crippen LogP contribution in [0.25, 0.3) is 11.3 Å². The van der Waals surface area contributed by atoms with Gasteiger partial charge in [-0.15, -0.1) is 10.2 Å². The molecule has 1 aliphatic heterocycles. The number of halogens is 1. The first-order chi connectivity index (χ1) is 18.3. The molecule has 2 aromatic heterocycles. The second-order valence-electron chi connectivity index (χ2n) is 8.89. The summed E-state index contributed by atoms with van der Waals surface area (Å²) in [5.74, 6) is -0.313. The summed E-state index contributed by atoms with van der Waals surface area (Å²) in [6, 6.07) is 12.4. The molecule has 38 heavy (non-hydrogen) atoms. The molecule has 0 bridgehead atoms. The fraction of sp³-hybridized carbons (Fsp3) is 0.231. The molecule has 3 N–H and O–H groups in total. The van der Waals surface area contributed by atoms with Crippen LogP contribution in [0.3, 0.4) is 0 Å². The maximum atomic E-state index is 13.2. The van der Waals surface area contributed by atoms with Gasteiger partial charge >= 0.3 is 0 Å². The highest BCUT2D eigenvalue weighted by molar-refractivity contribution is 7.15. The zero-order chi connectivity index (χ0) is 26.8. The Kier molecular flexibility index (Phi) is 7.32. The van der Waals surface area contributed by atoms with Gasteiger partial charge < -0.3 is 15.3 Å². The van der Waals surface area contributed by atoms with Crippen molar-refractivity contribution in [1.29, 1.82) is 0 Å². The Morgan fingerprint density at radius 1 is 1.21 bits per heavy atom. The zero-order valence-electron chi connectivity index (χ0n) is 20.6. The fourth-order valence-electron chi connectivity index (χ4n) is 4.24. The number of aryl methyl sites for hydroxylation is 2. The third kappa shape index (κ3) is 5.49. The molecule has 1 aliphatic rings. The van der Waals surface area contributed by atoms with E-state index in [1.807, 2.05) is 50.2 Å². The molecule has 3 heterocycles. The lowest BCUT2D eigenvalue weighted by atomic mass is 10.0. The molecular formula is C26H24ClN7O3S. The predicted octanol–water partition coefficient (Wildman–Crippen LogP) is 3.81. The molecule has 1 atom stereocenters. The number of amides is 2. The molecular weight excluding hydrogens is 526 g/mol.